The van der Waals surface area contributed by atoms with Crippen LogP contribution in [0.1, 0.15) is 18.2 Å². The van der Waals surface area contributed by atoms with E-state index in [2.05, 4.69) is 12.2 Å². The predicted molar refractivity (Wildman–Crippen MR) is 72.1 cm³/mol. The molecule has 0 saturated carbocycles. The van der Waals surface area contributed by atoms with Gasteiger partial charge in [-0.1, -0.05) is 6.92 Å². The van der Waals surface area contributed by atoms with E-state index < -0.39 is 9.84 Å². The molecule has 0 bridgehead atoms. The van der Waals surface area contributed by atoms with Gasteiger partial charge in [-0.3, -0.25) is 4.90 Å². The first-order valence-corrected chi connectivity index (χ1v) is 8.10. The van der Waals surface area contributed by atoms with Crippen molar-refractivity contribution in [2.75, 3.05) is 32.1 Å². The molecule has 0 amide bonds. The molecule has 1 rings (SSSR count). The van der Waals surface area contributed by atoms with Gasteiger partial charge in [-0.15, -0.1) is 0 Å². The van der Waals surface area contributed by atoms with Crippen LogP contribution < -0.4 is 5.32 Å². The molecule has 0 unspecified atom stereocenters. The van der Waals surface area contributed by atoms with Gasteiger partial charge in [0.15, 0.2) is 0 Å². The topological polar surface area (TPSA) is 62.6 Å². The van der Waals surface area contributed by atoms with Gasteiger partial charge in [0.2, 0.25) is 0 Å². The Labute approximate surface area is 109 Å². The lowest BCUT2D eigenvalue weighted by atomic mass is 10.3. The van der Waals surface area contributed by atoms with Gasteiger partial charge < -0.3 is 9.73 Å². The maximum Gasteiger partial charge on any atom is 0.148 e. The molecule has 0 fully saturated rings. The summed E-state index contributed by atoms with van der Waals surface area (Å²) in [5.74, 6) is 1.04. The molecule has 0 aromatic carbocycles. The summed E-state index contributed by atoms with van der Waals surface area (Å²) in [4.78, 5) is 1.94. The Kier molecular flexibility index (Phi) is 5.84. The van der Waals surface area contributed by atoms with Gasteiger partial charge in [-0.25, -0.2) is 8.42 Å². The van der Waals surface area contributed by atoms with E-state index in [1.807, 2.05) is 18.0 Å². The minimum absolute atomic E-state index is 0.175. The number of hydrogen-bond donors (Lipinski definition) is 1. The second kappa shape index (κ2) is 6.92. The molecular weight excluding hydrogens is 252 g/mol. The molecule has 6 heteroatoms. The van der Waals surface area contributed by atoms with Crippen LogP contribution in [0.2, 0.25) is 0 Å². The van der Waals surface area contributed by atoms with Crippen LogP contribution >= 0.6 is 0 Å². The largest absolute Gasteiger partial charge is 0.468 e. The molecule has 1 N–H and O–H groups in total. The first kappa shape index (κ1) is 15.2. The standard InChI is InChI=1S/C12H22N2O3S/c1-4-13-8-11-7-12(17-10-11)9-14(2)5-6-18(3,15)16/h7,10,13H,4-6,8-9H2,1-3H3. The second-order valence-electron chi connectivity index (χ2n) is 4.57. The smallest absolute Gasteiger partial charge is 0.148 e. The Hall–Kier alpha value is -0.850. The van der Waals surface area contributed by atoms with Crippen LogP contribution in [0.5, 0.6) is 0 Å². The summed E-state index contributed by atoms with van der Waals surface area (Å²) in [6, 6.07) is 2.00. The lowest BCUT2D eigenvalue weighted by Crippen LogP contribution is -2.24. The van der Waals surface area contributed by atoms with Crippen molar-refractivity contribution in [1.82, 2.24) is 10.2 Å². The lowest BCUT2D eigenvalue weighted by Gasteiger charge is -2.13. The van der Waals surface area contributed by atoms with E-state index >= 15 is 0 Å². The molecule has 0 aliphatic carbocycles. The SMILES string of the molecule is CCNCc1coc(CN(C)CCS(C)(=O)=O)c1. The van der Waals surface area contributed by atoms with E-state index in [9.17, 15) is 8.42 Å². The molecule has 0 atom stereocenters. The highest BCUT2D eigenvalue weighted by Gasteiger charge is 2.08. The molecule has 1 aromatic heterocycles. The number of sulfone groups is 1. The Bertz CT molecular complexity index is 454. The normalized spacial score (nSPS) is 12.2. The lowest BCUT2D eigenvalue weighted by molar-refractivity contribution is 0.310. The molecule has 1 heterocycles. The summed E-state index contributed by atoms with van der Waals surface area (Å²) < 4.78 is 27.5. The zero-order chi connectivity index (χ0) is 13.6. The fourth-order valence-electron chi connectivity index (χ4n) is 1.54. The van der Waals surface area contributed by atoms with Crippen molar-refractivity contribution in [2.24, 2.45) is 0 Å². The Morgan fingerprint density at radius 3 is 2.78 bits per heavy atom. The van der Waals surface area contributed by atoms with Crippen LogP contribution in [0, 0.1) is 0 Å². The van der Waals surface area contributed by atoms with E-state index in [0.29, 0.717) is 13.1 Å². The van der Waals surface area contributed by atoms with Crippen LogP contribution in [-0.4, -0.2) is 45.5 Å². The number of nitrogens with one attached hydrogen (secondary N) is 1. The Morgan fingerprint density at radius 2 is 2.17 bits per heavy atom. The average molecular weight is 274 g/mol. The van der Waals surface area contributed by atoms with Gasteiger partial charge in [0, 0.05) is 24.9 Å². The van der Waals surface area contributed by atoms with E-state index in [4.69, 9.17) is 4.42 Å². The van der Waals surface area contributed by atoms with Gasteiger partial charge in [0.1, 0.15) is 15.6 Å². The zero-order valence-corrected chi connectivity index (χ0v) is 12.1. The Balaban J connectivity index is 2.39. The summed E-state index contributed by atoms with van der Waals surface area (Å²) in [6.45, 7) is 4.92. The minimum atomic E-state index is -2.90. The monoisotopic (exact) mass is 274 g/mol. The Morgan fingerprint density at radius 1 is 1.44 bits per heavy atom. The minimum Gasteiger partial charge on any atom is -0.468 e. The van der Waals surface area contributed by atoms with Gasteiger partial charge in [-0.05, 0) is 19.7 Å². The van der Waals surface area contributed by atoms with E-state index in [1.54, 1.807) is 6.26 Å². The van der Waals surface area contributed by atoms with E-state index in [0.717, 1.165) is 24.4 Å². The molecule has 0 spiro atoms. The van der Waals surface area contributed by atoms with Crippen molar-refractivity contribution >= 4 is 9.84 Å². The number of hydrogen-bond acceptors (Lipinski definition) is 5. The molecular formula is C12H22N2O3S. The van der Waals surface area contributed by atoms with E-state index in [-0.39, 0.29) is 5.75 Å². The first-order valence-electron chi connectivity index (χ1n) is 6.04. The van der Waals surface area contributed by atoms with Crippen molar-refractivity contribution in [1.29, 1.82) is 0 Å². The molecule has 104 valence electrons. The third-order valence-corrected chi connectivity index (χ3v) is 3.48. The number of nitrogens with zero attached hydrogens (tertiary/aromatic N) is 1. The fraction of sp³-hybridized carbons (Fsp3) is 0.667. The molecule has 1 aromatic rings. The number of rotatable bonds is 8. The third-order valence-electron chi connectivity index (χ3n) is 2.56. The summed E-state index contributed by atoms with van der Waals surface area (Å²) in [7, 11) is -1.01. The number of furan rings is 1. The van der Waals surface area contributed by atoms with Crippen LogP contribution in [0.15, 0.2) is 16.7 Å². The highest BCUT2D eigenvalue weighted by molar-refractivity contribution is 7.90. The quantitative estimate of drug-likeness (QED) is 0.762. The average Bonchev–Trinajstić information content (AvgIpc) is 2.70. The molecule has 18 heavy (non-hydrogen) atoms. The summed E-state index contributed by atoms with van der Waals surface area (Å²) >= 11 is 0. The fourth-order valence-corrected chi connectivity index (χ4v) is 2.18. The van der Waals surface area contributed by atoms with Crippen molar-refractivity contribution in [3.63, 3.8) is 0 Å². The van der Waals surface area contributed by atoms with E-state index in [1.165, 1.54) is 6.26 Å². The second-order valence-corrected chi connectivity index (χ2v) is 6.83. The van der Waals surface area contributed by atoms with Crippen molar-refractivity contribution in [3.05, 3.63) is 23.7 Å². The van der Waals surface area contributed by atoms with Crippen molar-refractivity contribution in [3.8, 4) is 0 Å². The summed E-state index contributed by atoms with van der Waals surface area (Å²) in [5.41, 5.74) is 1.11. The van der Waals surface area contributed by atoms with Crippen LogP contribution in [-0.2, 0) is 22.9 Å². The maximum atomic E-state index is 11.1. The highest BCUT2D eigenvalue weighted by Crippen LogP contribution is 2.09. The van der Waals surface area contributed by atoms with Crippen molar-refractivity contribution < 1.29 is 12.8 Å². The van der Waals surface area contributed by atoms with Gasteiger partial charge in [-0.2, -0.15) is 0 Å². The van der Waals surface area contributed by atoms with Crippen LogP contribution in [0.3, 0.4) is 0 Å². The van der Waals surface area contributed by atoms with Crippen molar-refractivity contribution in [2.45, 2.75) is 20.0 Å². The molecule has 0 saturated heterocycles. The molecule has 0 aliphatic rings. The highest BCUT2D eigenvalue weighted by atomic mass is 32.2. The third kappa shape index (κ3) is 6.18. The molecule has 0 radical (unpaired) electrons. The molecule has 0 aliphatic heterocycles. The summed E-state index contributed by atoms with van der Waals surface area (Å²) in [5, 5.41) is 3.22. The summed E-state index contributed by atoms with van der Waals surface area (Å²) in [6.07, 6.45) is 2.99. The van der Waals surface area contributed by atoms with Gasteiger partial charge >= 0.3 is 0 Å². The zero-order valence-electron chi connectivity index (χ0n) is 11.3. The van der Waals surface area contributed by atoms with Crippen LogP contribution in [0.25, 0.3) is 0 Å². The maximum absolute atomic E-state index is 11.1. The first-order chi connectivity index (χ1) is 8.40. The van der Waals surface area contributed by atoms with Crippen LogP contribution in [0.4, 0.5) is 0 Å². The van der Waals surface area contributed by atoms with Gasteiger partial charge in [0.05, 0.1) is 18.6 Å². The molecule has 5 nitrogen and oxygen atoms in total. The predicted octanol–water partition coefficient (Wildman–Crippen LogP) is 0.865. The van der Waals surface area contributed by atoms with Gasteiger partial charge in [0.25, 0.3) is 0 Å².